The second-order valence-electron chi connectivity index (χ2n) is 3.39. The van der Waals surface area contributed by atoms with Gasteiger partial charge in [0.05, 0.1) is 13.2 Å². The van der Waals surface area contributed by atoms with Gasteiger partial charge in [-0.15, -0.1) is 0 Å². The number of oxime groups is 1. The van der Waals surface area contributed by atoms with Crippen LogP contribution in [0.1, 0.15) is 5.56 Å². The van der Waals surface area contributed by atoms with E-state index in [1.807, 2.05) is 35.2 Å². The zero-order valence-corrected chi connectivity index (χ0v) is 8.47. The third-order valence-corrected chi connectivity index (χ3v) is 2.44. The van der Waals surface area contributed by atoms with Gasteiger partial charge in [-0.05, 0) is 0 Å². The summed E-state index contributed by atoms with van der Waals surface area (Å²) in [6.07, 6.45) is 0. The molecule has 80 valence electrons. The number of hydrogen-bond donors (Lipinski definition) is 1. The minimum Gasteiger partial charge on any atom is -0.409 e. The van der Waals surface area contributed by atoms with E-state index in [0.717, 1.165) is 18.7 Å². The third kappa shape index (κ3) is 2.27. The normalized spacial score (nSPS) is 17.9. The summed E-state index contributed by atoms with van der Waals surface area (Å²) >= 11 is 0. The summed E-state index contributed by atoms with van der Waals surface area (Å²) in [5, 5.41) is 12.4. The highest BCUT2D eigenvalue weighted by Crippen LogP contribution is 2.07. The van der Waals surface area contributed by atoms with Crippen molar-refractivity contribution in [3.8, 4) is 0 Å². The number of hydrogen-bond acceptors (Lipinski definition) is 3. The first-order valence-electron chi connectivity index (χ1n) is 5.02. The number of amidine groups is 1. The summed E-state index contributed by atoms with van der Waals surface area (Å²) in [6, 6.07) is 9.68. The maximum atomic E-state index is 9.04. The molecular formula is C11H14N2O2. The van der Waals surface area contributed by atoms with Gasteiger partial charge in [-0.3, -0.25) is 0 Å². The van der Waals surface area contributed by atoms with Crippen molar-refractivity contribution in [2.24, 2.45) is 5.16 Å². The van der Waals surface area contributed by atoms with Crippen LogP contribution in [0.3, 0.4) is 0 Å². The summed E-state index contributed by atoms with van der Waals surface area (Å²) in [4.78, 5) is 2.03. The SMILES string of the molecule is O/N=C(/c1ccccc1)N1CCOCC1. The quantitative estimate of drug-likeness (QED) is 0.324. The first kappa shape index (κ1) is 9.98. The molecule has 0 bridgehead atoms. The highest BCUT2D eigenvalue weighted by atomic mass is 16.5. The average Bonchev–Trinajstić information content (AvgIpc) is 2.33. The van der Waals surface area contributed by atoms with Crippen LogP contribution in [-0.2, 0) is 4.74 Å². The number of benzene rings is 1. The molecule has 0 spiro atoms. The van der Waals surface area contributed by atoms with E-state index < -0.39 is 0 Å². The summed E-state index contributed by atoms with van der Waals surface area (Å²) in [5.74, 6) is 0.624. The molecule has 0 unspecified atom stereocenters. The standard InChI is InChI=1S/C11H14N2O2/c14-12-11(10-4-2-1-3-5-10)13-6-8-15-9-7-13/h1-5,14H,6-9H2/b12-11-. The molecule has 1 saturated heterocycles. The first-order valence-corrected chi connectivity index (χ1v) is 5.02. The second kappa shape index (κ2) is 4.79. The number of nitrogens with zero attached hydrogens (tertiary/aromatic N) is 2. The maximum Gasteiger partial charge on any atom is 0.175 e. The molecule has 0 atom stereocenters. The Labute approximate surface area is 88.8 Å². The molecule has 0 amide bonds. The van der Waals surface area contributed by atoms with Gasteiger partial charge in [-0.2, -0.15) is 0 Å². The second-order valence-corrected chi connectivity index (χ2v) is 3.39. The summed E-state index contributed by atoms with van der Waals surface area (Å²) in [5.41, 5.74) is 0.932. The molecule has 1 aliphatic rings. The molecule has 0 saturated carbocycles. The lowest BCUT2D eigenvalue weighted by Crippen LogP contribution is -2.41. The zero-order valence-electron chi connectivity index (χ0n) is 8.47. The van der Waals surface area contributed by atoms with Gasteiger partial charge < -0.3 is 14.8 Å². The molecule has 1 aromatic carbocycles. The summed E-state index contributed by atoms with van der Waals surface area (Å²) < 4.78 is 5.25. The Morgan fingerprint density at radius 2 is 1.87 bits per heavy atom. The van der Waals surface area contributed by atoms with Gasteiger partial charge in [-0.1, -0.05) is 35.5 Å². The number of morpholine rings is 1. The highest BCUT2D eigenvalue weighted by Gasteiger charge is 2.16. The molecule has 1 heterocycles. The van der Waals surface area contributed by atoms with Crippen LogP contribution in [0, 0.1) is 0 Å². The van der Waals surface area contributed by atoms with Crippen molar-refractivity contribution in [2.45, 2.75) is 0 Å². The lowest BCUT2D eigenvalue weighted by Gasteiger charge is -2.28. The lowest BCUT2D eigenvalue weighted by molar-refractivity contribution is 0.0668. The van der Waals surface area contributed by atoms with Crippen molar-refractivity contribution in [1.29, 1.82) is 0 Å². The van der Waals surface area contributed by atoms with Crippen LogP contribution in [-0.4, -0.2) is 42.2 Å². The Morgan fingerprint density at radius 3 is 2.47 bits per heavy atom. The van der Waals surface area contributed by atoms with E-state index in [0.29, 0.717) is 19.0 Å². The van der Waals surface area contributed by atoms with Gasteiger partial charge >= 0.3 is 0 Å². The van der Waals surface area contributed by atoms with Gasteiger partial charge in [-0.25, -0.2) is 0 Å². The van der Waals surface area contributed by atoms with Crippen LogP contribution in [0.2, 0.25) is 0 Å². The predicted molar refractivity (Wildman–Crippen MR) is 57.2 cm³/mol. The van der Waals surface area contributed by atoms with Gasteiger partial charge in [0.2, 0.25) is 0 Å². The van der Waals surface area contributed by atoms with Gasteiger partial charge in [0, 0.05) is 18.7 Å². The van der Waals surface area contributed by atoms with E-state index in [-0.39, 0.29) is 0 Å². The van der Waals surface area contributed by atoms with Crippen LogP contribution < -0.4 is 0 Å². The van der Waals surface area contributed by atoms with Crippen LogP contribution in [0.25, 0.3) is 0 Å². The summed E-state index contributed by atoms with van der Waals surface area (Å²) in [6.45, 7) is 2.92. The fourth-order valence-electron chi connectivity index (χ4n) is 1.67. The van der Waals surface area contributed by atoms with E-state index in [1.54, 1.807) is 0 Å². The number of rotatable bonds is 1. The Hall–Kier alpha value is -1.55. The van der Waals surface area contributed by atoms with Crippen molar-refractivity contribution in [3.05, 3.63) is 35.9 Å². The lowest BCUT2D eigenvalue weighted by atomic mass is 10.2. The van der Waals surface area contributed by atoms with Gasteiger partial charge in [0.1, 0.15) is 0 Å². The Balaban J connectivity index is 2.17. The molecule has 4 nitrogen and oxygen atoms in total. The highest BCUT2D eigenvalue weighted by molar-refractivity contribution is 5.98. The molecule has 0 aromatic heterocycles. The van der Waals surface area contributed by atoms with Crippen molar-refractivity contribution in [3.63, 3.8) is 0 Å². The van der Waals surface area contributed by atoms with Crippen molar-refractivity contribution in [2.75, 3.05) is 26.3 Å². The van der Waals surface area contributed by atoms with Gasteiger partial charge in [0.25, 0.3) is 0 Å². The zero-order chi connectivity index (χ0) is 10.5. The van der Waals surface area contributed by atoms with Crippen molar-refractivity contribution >= 4 is 5.84 Å². The Morgan fingerprint density at radius 1 is 1.20 bits per heavy atom. The minimum atomic E-state index is 0.624. The molecule has 1 aliphatic heterocycles. The van der Waals surface area contributed by atoms with E-state index >= 15 is 0 Å². The smallest absolute Gasteiger partial charge is 0.175 e. The molecule has 4 heteroatoms. The van der Waals surface area contributed by atoms with Crippen LogP contribution >= 0.6 is 0 Å². The molecule has 15 heavy (non-hydrogen) atoms. The van der Waals surface area contributed by atoms with E-state index in [1.165, 1.54) is 0 Å². The Bertz CT molecular complexity index is 332. The summed E-state index contributed by atoms with van der Waals surface area (Å²) in [7, 11) is 0. The molecule has 2 rings (SSSR count). The fourth-order valence-corrected chi connectivity index (χ4v) is 1.67. The maximum absolute atomic E-state index is 9.04. The van der Waals surface area contributed by atoms with Crippen molar-refractivity contribution < 1.29 is 9.94 Å². The Kier molecular flexibility index (Phi) is 3.19. The molecule has 1 fully saturated rings. The molecule has 0 radical (unpaired) electrons. The van der Waals surface area contributed by atoms with Crippen LogP contribution in [0.4, 0.5) is 0 Å². The molecule has 0 aliphatic carbocycles. The minimum absolute atomic E-state index is 0.624. The van der Waals surface area contributed by atoms with E-state index in [2.05, 4.69) is 5.16 Å². The average molecular weight is 206 g/mol. The van der Waals surface area contributed by atoms with Crippen molar-refractivity contribution in [1.82, 2.24) is 4.90 Å². The van der Waals surface area contributed by atoms with E-state index in [4.69, 9.17) is 9.94 Å². The molecular weight excluding hydrogens is 192 g/mol. The van der Waals surface area contributed by atoms with Crippen LogP contribution in [0.15, 0.2) is 35.5 Å². The predicted octanol–water partition coefficient (Wildman–Crippen LogP) is 1.15. The fraction of sp³-hybridized carbons (Fsp3) is 0.364. The monoisotopic (exact) mass is 206 g/mol. The third-order valence-electron chi connectivity index (χ3n) is 2.44. The topological polar surface area (TPSA) is 45.1 Å². The van der Waals surface area contributed by atoms with E-state index in [9.17, 15) is 0 Å². The molecule has 1 N–H and O–H groups in total. The number of ether oxygens (including phenoxy) is 1. The molecule has 1 aromatic rings. The largest absolute Gasteiger partial charge is 0.409 e. The first-order chi connectivity index (χ1) is 7.42. The van der Waals surface area contributed by atoms with Crippen LogP contribution in [0.5, 0.6) is 0 Å². The van der Waals surface area contributed by atoms with Gasteiger partial charge in [0.15, 0.2) is 5.84 Å².